The van der Waals surface area contributed by atoms with E-state index in [0.717, 1.165) is 22.2 Å². The van der Waals surface area contributed by atoms with Crippen LogP contribution in [0.4, 0.5) is 0 Å². The molecule has 2 aromatic heterocycles. The molecule has 0 saturated heterocycles. The topological polar surface area (TPSA) is 41.6 Å². The van der Waals surface area contributed by atoms with Crippen molar-refractivity contribution >= 4 is 23.6 Å². The lowest BCUT2D eigenvalue weighted by Gasteiger charge is -2.07. The summed E-state index contributed by atoms with van der Waals surface area (Å²) in [5.41, 5.74) is 2.18. The first-order valence-electron chi connectivity index (χ1n) is 5.55. The van der Waals surface area contributed by atoms with Crippen molar-refractivity contribution in [2.75, 3.05) is 0 Å². The van der Waals surface area contributed by atoms with Crippen LogP contribution in [0.25, 0.3) is 0 Å². The Labute approximate surface area is 110 Å². The van der Waals surface area contributed by atoms with Gasteiger partial charge in [0.15, 0.2) is 0 Å². The Bertz CT molecular complexity index is 569. The van der Waals surface area contributed by atoms with Gasteiger partial charge in [-0.25, -0.2) is 9.97 Å². The molecule has 0 saturated carbocycles. The van der Waals surface area contributed by atoms with Gasteiger partial charge in [0, 0.05) is 17.5 Å². The van der Waals surface area contributed by atoms with Gasteiger partial charge in [-0.3, -0.25) is 0 Å². The number of nitrogens with one attached hydrogen (secondary N) is 1. The van der Waals surface area contributed by atoms with Gasteiger partial charge >= 0.3 is 0 Å². The fraction of sp³-hybridized carbons (Fsp3) is 0.417. The average molecular weight is 265 g/mol. The zero-order valence-electron chi connectivity index (χ0n) is 10.2. The molecule has 0 unspecified atom stereocenters. The van der Waals surface area contributed by atoms with Gasteiger partial charge in [0.1, 0.15) is 10.5 Å². The highest BCUT2D eigenvalue weighted by atomic mass is 32.1. The molecule has 5 heteroatoms. The standard InChI is InChI=1S/C12H15N3S2/c1-7(2)10-5-12(16)15-11(14-10)4-9-6-17-8(3)13-9/h5-7H,4H2,1-3H3,(H,14,15,16). The van der Waals surface area contributed by atoms with Gasteiger partial charge in [-0.2, -0.15) is 0 Å². The normalized spacial score (nSPS) is 11.1. The molecule has 17 heavy (non-hydrogen) atoms. The molecule has 0 spiro atoms. The molecule has 0 radical (unpaired) electrons. The van der Waals surface area contributed by atoms with E-state index in [9.17, 15) is 0 Å². The predicted octanol–water partition coefficient (Wildman–Crippen LogP) is 3.62. The number of nitrogens with zero attached hydrogens (tertiary/aromatic N) is 2. The molecule has 3 nitrogen and oxygen atoms in total. The summed E-state index contributed by atoms with van der Waals surface area (Å²) in [4.78, 5) is 12.1. The Balaban J connectivity index is 2.29. The Morgan fingerprint density at radius 1 is 1.41 bits per heavy atom. The first-order valence-corrected chi connectivity index (χ1v) is 6.84. The van der Waals surface area contributed by atoms with E-state index in [2.05, 4.69) is 34.2 Å². The maximum atomic E-state index is 5.18. The van der Waals surface area contributed by atoms with Crippen LogP contribution in [0, 0.1) is 11.6 Å². The smallest absolute Gasteiger partial charge is 0.130 e. The van der Waals surface area contributed by atoms with Crippen LogP contribution in [0.3, 0.4) is 0 Å². The number of aromatic amines is 1. The summed E-state index contributed by atoms with van der Waals surface area (Å²) < 4.78 is 0.648. The minimum absolute atomic E-state index is 0.427. The molecule has 0 amide bonds. The second-order valence-corrected chi connectivity index (χ2v) is 5.79. The van der Waals surface area contributed by atoms with Gasteiger partial charge in [0.05, 0.1) is 10.7 Å². The van der Waals surface area contributed by atoms with Crippen LogP contribution in [-0.2, 0) is 6.42 Å². The molecule has 90 valence electrons. The van der Waals surface area contributed by atoms with Crippen molar-refractivity contribution in [2.24, 2.45) is 0 Å². The molecule has 1 N–H and O–H groups in total. The highest BCUT2D eigenvalue weighted by Gasteiger charge is 2.06. The number of aryl methyl sites for hydroxylation is 1. The van der Waals surface area contributed by atoms with E-state index in [-0.39, 0.29) is 0 Å². The van der Waals surface area contributed by atoms with Gasteiger partial charge in [-0.1, -0.05) is 26.1 Å². The first-order chi connectivity index (χ1) is 8.04. The van der Waals surface area contributed by atoms with E-state index in [1.165, 1.54) is 0 Å². The van der Waals surface area contributed by atoms with Gasteiger partial charge in [0.2, 0.25) is 0 Å². The molecule has 2 aromatic rings. The molecule has 2 heterocycles. The third-order valence-electron chi connectivity index (χ3n) is 2.45. The average Bonchev–Trinajstić information content (AvgIpc) is 2.63. The molecule has 2 rings (SSSR count). The molecule has 0 fully saturated rings. The lowest BCUT2D eigenvalue weighted by Crippen LogP contribution is -2.02. The summed E-state index contributed by atoms with van der Waals surface area (Å²) in [6.45, 7) is 6.28. The van der Waals surface area contributed by atoms with Crippen LogP contribution in [0.15, 0.2) is 11.4 Å². The van der Waals surface area contributed by atoms with Crippen LogP contribution in [0.2, 0.25) is 0 Å². The lowest BCUT2D eigenvalue weighted by molar-refractivity contribution is 0.786. The van der Waals surface area contributed by atoms with Gasteiger partial charge in [-0.05, 0) is 18.9 Å². The second kappa shape index (κ2) is 5.06. The van der Waals surface area contributed by atoms with Crippen molar-refractivity contribution in [3.05, 3.63) is 38.3 Å². The second-order valence-electron chi connectivity index (χ2n) is 4.31. The monoisotopic (exact) mass is 265 g/mol. The van der Waals surface area contributed by atoms with Gasteiger partial charge < -0.3 is 4.98 Å². The number of thiazole rings is 1. The molecule has 0 atom stereocenters. The number of rotatable bonds is 3. The zero-order valence-corrected chi connectivity index (χ0v) is 11.8. The summed E-state index contributed by atoms with van der Waals surface area (Å²) in [7, 11) is 0. The van der Waals surface area contributed by atoms with Crippen molar-refractivity contribution in [1.29, 1.82) is 0 Å². The summed E-state index contributed by atoms with van der Waals surface area (Å²) >= 11 is 6.84. The summed E-state index contributed by atoms with van der Waals surface area (Å²) in [5.74, 6) is 1.32. The highest BCUT2D eigenvalue weighted by molar-refractivity contribution is 7.71. The summed E-state index contributed by atoms with van der Waals surface area (Å²) in [5, 5.41) is 3.15. The number of aromatic nitrogens is 3. The maximum Gasteiger partial charge on any atom is 0.130 e. The number of hydrogen-bond acceptors (Lipinski definition) is 4. The van der Waals surface area contributed by atoms with Crippen molar-refractivity contribution in [3.63, 3.8) is 0 Å². The Morgan fingerprint density at radius 2 is 2.18 bits per heavy atom. The number of hydrogen-bond donors (Lipinski definition) is 1. The van der Waals surface area contributed by atoms with Crippen LogP contribution < -0.4 is 0 Å². The Hall–Kier alpha value is -1.07. The third-order valence-corrected chi connectivity index (χ3v) is 3.48. The van der Waals surface area contributed by atoms with Crippen molar-refractivity contribution in [2.45, 2.75) is 33.1 Å². The van der Waals surface area contributed by atoms with E-state index in [1.807, 2.05) is 13.0 Å². The molecule has 0 aromatic carbocycles. The van der Waals surface area contributed by atoms with E-state index in [4.69, 9.17) is 12.2 Å². The van der Waals surface area contributed by atoms with E-state index in [1.54, 1.807) is 11.3 Å². The van der Waals surface area contributed by atoms with E-state index in [0.29, 0.717) is 17.0 Å². The lowest BCUT2D eigenvalue weighted by atomic mass is 10.1. The third kappa shape index (κ3) is 3.20. The summed E-state index contributed by atoms with van der Waals surface area (Å²) in [6.07, 6.45) is 0.717. The Kier molecular flexibility index (Phi) is 3.69. The summed E-state index contributed by atoms with van der Waals surface area (Å²) in [6, 6.07) is 1.93. The predicted molar refractivity (Wildman–Crippen MR) is 73.2 cm³/mol. The van der Waals surface area contributed by atoms with Crippen LogP contribution in [0.1, 0.15) is 42.0 Å². The highest BCUT2D eigenvalue weighted by Crippen LogP contribution is 2.14. The van der Waals surface area contributed by atoms with Crippen molar-refractivity contribution in [1.82, 2.24) is 15.0 Å². The van der Waals surface area contributed by atoms with E-state index < -0.39 is 0 Å². The molecule has 0 aliphatic heterocycles. The van der Waals surface area contributed by atoms with Gasteiger partial charge in [0.25, 0.3) is 0 Å². The quantitative estimate of drug-likeness (QED) is 0.862. The van der Waals surface area contributed by atoms with Crippen molar-refractivity contribution in [3.8, 4) is 0 Å². The van der Waals surface area contributed by atoms with Crippen LogP contribution in [-0.4, -0.2) is 15.0 Å². The van der Waals surface area contributed by atoms with Crippen LogP contribution in [0.5, 0.6) is 0 Å². The molecule has 0 bridgehead atoms. The van der Waals surface area contributed by atoms with Crippen LogP contribution >= 0.6 is 23.6 Å². The SMILES string of the molecule is Cc1nc(Cc2nc(=S)cc(C(C)C)[nH]2)cs1. The fourth-order valence-electron chi connectivity index (χ4n) is 1.58. The molecular weight excluding hydrogens is 250 g/mol. The van der Waals surface area contributed by atoms with Gasteiger partial charge in [-0.15, -0.1) is 11.3 Å². The first kappa shape index (κ1) is 12.4. The zero-order chi connectivity index (χ0) is 12.4. The Morgan fingerprint density at radius 3 is 2.76 bits per heavy atom. The minimum Gasteiger partial charge on any atom is -0.347 e. The number of H-pyrrole nitrogens is 1. The fourth-order valence-corrected chi connectivity index (χ4v) is 2.43. The minimum atomic E-state index is 0.427. The van der Waals surface area contributed by atoms with E-state index >= 15 is 0 Å². The molecular formula is C12H15N3S2. The molecule has 0 aliphatic rings. The largest absolute Gasteiger partial charge is 0.347 e. The molecule has 0 aliphatic carbocycles. The van der Waals surface area contributed by atoms with Crippen molar-refractivity contribution < 1.29 is 0 Å². The maximum absolute atomic E-state index is 5.18.